The van der Waals surface area contributed by atoms with Crippen LogP contribution in [0.2, 0.25) is 0 Å². The number of hydrogen-bond donors (Lipinski definition) is 3. The smallest absolute Gasteiger partial charge is 0.323 e. The molecule has 206 valence electrons. The Balaban J connectivity index is 1.46. The van der Waals surface area contributed by atoms with Crippen molar-refractivity contribution in [2.45, 2.75) is 26.3 Å². The van der Waals surface area contributed by atoms with Gasteiger partial charge in [0, 0.05) is 70.0 Å². The summed E-state index contributed by atoms with van der Waals surface area (Å²) in [6, 6.07) is 23.4. The number of para-hydroxylation sites is 1. The standard InChI is InChI=1S/C31H39N5O3/c1-3-25-12-7-8-13-28(25)34-31(38)33-26-14-15-29(27(22-26)30(37)32-16-9-21-39-2)36-19-17-35(18-20-36)23-24-10-5-4-6-11-24/h4-8,10-15,22H,3,9,16-21,23H2,1-2H3,(H,32,37)(H2,33,34,38). The van der Waals surface area contributed by atoms with Gasteiger partial charge in [-0.2, -0.15) is 0 Å². The number of anilines is 3. The lowest BCUT2D eigenvalue weighted by Gasteiger charge is -2.37. The van der Waals surface area contributed by atoms with E-state index in [9.17, 15) is 9.59 Å². The van der Waals surface area contributed by atoms with Crippen LogP contribution in [-0.2, 0) is 17.7 Å². The number of benzene rings is 3. The number of nitrogens with one attached hydrogen (secondary N) is 3. The van der Waals surface area contributed by atoms with Gasteiger partial charge >= 0.3 is 6.03 Å². The molecule has 1 heterocycles. The van der Waals surface area contributed by atoms with Crippen molar-refractivity contribution in [3.8, 4) is 0 Å². The van der Waals surface area contributed by atoms with Gasteiger partial charge in [-0.1, -0.05) is 55.5 Å². The molecule has 0 bridgehead atoms. The van der Waals surface area contributed by atoms with Crippen molar-refractivity contribution in [3.63, 3.8) is 0 Å². The average molecular weight is 530 g/mol. The maximum absolute atomic E-state index is 13.3. The second kappa shape index (κ2) is 14.3. The Kier molecular flexibility index (Phi) is 10.3. The molecule has 8 heteroatoms. The molecular formula is C31H39N5O3. The summed E-state index contributed by atoms with van der Waals surface area (Å²) in [6.07, 6.45) is 1.55. The topological polar surface area (TPSA) is 85.9 Å². The van der Waals surface area contributed by atoms with Gasteiger partial charge < -0.3 is 25.6 Å². The number of hydrogen-bond acceptors (Lipinski definition) is 5. The minimum Gasteiger partial charge on any atom is -0.385 e. The highest BCUT2D eigenvalue weighted by Gasteiger charge is 2.22. The van der Waals surface area contributed by atoms with Crippen LogP contribution in [-0.4, -0.2) is 63.3 Å². The molecule has 39 heavy (non-hydrogen) atoms. The first-order valence-corrected chi connectivity index (χ1v) is 13.7. The minimum absolute atomic E-state index is 0.159. The highest BCUT2D eigenvalue weighted by atomic mass is 16.5. The molecule has 1 aliphatic heterocycles. The predicted molar refractivity (Wildman–Crippen MR) is 158 cm³/mol. The molecule has 1 saturated heterocycles. The SMILES string of the molecule is CCc1ccccc1NC(=O)Nc1ccc(N2CCN(Cc3ccccc3)CC2)c(C(=O)NCCCOC)c1. The second-order valence-corrected chi connectivity index (χ2v) is 9.67. The number of amides is 3. The zero-order valence-electron chi connectivity index (χ0n) is 22.9. The van der Waals surface area contributed by atoms with E-state index in [-0.39, 0.29) is 11.9 Å². The van der Waals surface area contributed by atoms with Gasteiger partial charge in [-0.3, -0.25) is 9.69 Å². The van der Waals surface area contributed by atoms with Crippen LogP contribution in [0.25, 0.3) is 0 Å². The normalized spacial score (nSPS) is 13.6. The van der Waals surface area contributed by atoms with Gasteiger partial charge in [0.15, 0.2) is 0 Å². The maximum atomic E-state index is 13.3. The predicted octanol–water partition coefficient (Wildman–Crippen LogP) is 4.98. The molecule has 0 atom stereocenters. The van der Waals surface area contributed by atoms with Gasteiger partial charge in [0.05, 0.1) is 5.56 Å². The van der Waals surface area contributed by atoms with Crippen LogP contribution in [0, 0.1) is 0 Å². The van der Waals surface area contributed by atoms with Crippen LogP contribution in [0.5, 0.6) is 0 Å². The van der Waals surface area contributed by atoms with Crippen molar-refractivity contribution >= 4 is 29.0 Å². The molecule has 3 aromatic carbocycles. The quantitative estimate of drug-likeness (QED) is 0.305. The molecule has 4 rings (SSSR count). The summed E-state index contributed by atoms with van der Waals surface area (Å²) in [5.74, 6) is -0.159. The number of nitrogens with zero attached hydrogens (tertiary/aromatic N) is 2. The summed E-state index contributed by atoms with van der Waals surface area (Å²) < 4.78 is 5.11. The van der Waals surface area contributed by atoms with Gasteiger partial charge in [0.1, 0.15) is 0 Å². The Labute approximate surface area is 231 Å². The number of methoxy groups -OCH3 is 1. The molecule has 0 unspecified atom stereocenters. The zero-order chi connectivity index (χ0) is 27.5. The third kappa shape index (κ3) is 8.05. The van der Waals surface area contributed by atoms with Gasteiger partial charge in [-0.05, 0) is 48.2 Å². The van der Waals surface area contributed by atoms with Gasteiger partial charge in [0.2, 0.25) is 0 Å². The summed E-state index contributed by atoms with van der Waals surface area (Å²) in [5, 5.41) is 8.84. The van der Waals surface area contributed by atoms with E-state index in [4.69, 9.17) is 4.74 Å². The van der Waals surface area contributed by atoms with Crippen LogP contribution in [0.4, 0.5) is 21.9 Å². The van der Waals surface area contributed by atoms with Gasteiger partial charge in [-0.25, -0.2) is 4.79 Å². The van der Waals surface area contributed by atoms with E-state index in [0.717, 1.165) is 62.5 Å². The fraction of sp³-hybridized carbons (Fsp3) is 0.355. The van der Waals surface area contributed by atoms with Crippen molar-refractivity contribution in [1.29, 1.82) is 0 Å². The van der Waals surface area contributed by atoms with E-state index in [1.54, 1.807) is 13.2 Å². The Bertz CT molecular complexity index is 1230. The van der Waals surface area contributed by atoms with Gasteiger partial charge in [0.25, 0.3) is 5.91 Å². The van der Waals surface area contributed by atoms with E-state index >= 15 is 0 Å². The van der Waals surface area contributed by atoms with Crippen molar-refractivity contribution in [2.24, 2.45) is 0 Å². The molecule has 3 amide bonds. The van der Waals surface area contributed by atoms with E-state index in [2.05, 4.69) is 56.9 Å². The lowest BCUT2D eigenvalue weighted by Crippen LogP contribution is -2.46. The average Bonchev–Trinajstić information content (AvgIpc) is 2.96. The van der Waals surface area contributed by atoms with Crippen LogP contribution >= 0.6 is 0 Å². The molecule has 3 N–H and O–H groups in total. The third-order valence-electron chi connectivity index (χ3n) is 6.92. The molecule has 0 aliphatic carbocycles. The molecule has 1 fully saturated rings. The van der Waals surface area contributed by atoms with E-state index in [1.165, 1.54) is 5.56 Å². The molecule has 3 aromatic rings. The number of urea groups is 1. The fourth-order valence-corrected chi connectivity index (χ4v) is 4.81. The van der Waals surface area contributed by atoms with Crippen LogP contribution in [0.3, 0.4) is 0 Å². The summed E-state index contributed by atoms with van der Waals surface area (Å²) in [4.78, 5) is 30.8. The molecule has 0 radical (unpaired) electrons. The molecule has 0 spiro atoms. The van der Waals surface area contributed by atoms with Crippen molar-refractivity contribution in [2.75, 3.05) is 62.0 Å². The summed E-state index contributed by atoms with van der Waals surface area (Å²) in [7, 11) is 1.65. The van der Waals surface area contributed by atoms with E-state index in [1.807, 2.05) is 42.5 Å². The molecular weight excluding hydrogens is 490 g/mol. The van der Waals surface area contributed by atoms with Crippen molar-refractivity contribution < 1.29 is 14.3 Å². The molecule has 8 nitrogen and oxygen atoms in total. The second-order valence-electron chi connectivity index (χ2n) is 9.67. The van der Waals surface area contributed by atoms with Crippen molar-refractivity contribution in [1.82, 2.24) is 10.2 Å². The highest BCUT2D eigenvalue weighted by Crippen LogP contribution is 2.26. The van der Waals surface area contributed by atoms with Crippen molar-refractivity contribution in [3.05, 3.63) is 89.5 Å². The fourth-order valence-electron chi connectivity index (χ4n) is 4.81. The lowest BCUT2D eigenvalue weighted by molar-refractivity contribution is 0.0949. The number of rotatable bonds is 11. The Morgan fingerprint density at radius 3 is 2.38 bits per heavy atom. The first-order valence-electron chi connectivity index (χ1n) is 13.7. The molecule has 0 aromatic heterocycles. The first kappa shape index (κ1) is 28.1. The Morgan fingerprint density at radius 1 is 0.897 bits per heavy atom. The van der Waals surface area contributed by atoms with E-state index in [0.29, 0.717) is 24.4 Å². The van der Waals surface area contributed by atoms with E-state index < -0.39 is 0 Å². The lowest BCUT2D eigenvalue weighted by atomic mass is 10.1. The monoisotopic (exact) mass is 529 g/mol. The molecule has 1 aliphatic rings. The van der Waals surface area contributed by atoms with Crippen LogP contribution in [0.1, 0.15) is 34.8 Å². The van der Waals surface area contributed by atoms with Crippen LogP contribution < -0.4 is 20.9 Å². The number of piperazine rings is 1. The first-order chi connectivity index (χ1) is 19.1. The Morgan fingerprint density at radius 2 is 1.64 bits per heavy atom. The maximum Gasteiger partial charge on any atom is 0.323 e. The third-order valence-corrected chi connectivity index (χ3v) is 6.92. The largest absolute Gasteiger partial charge is 0.385 e. The Hall–Kier alpha value is -3.88. The summed E-state index contributed by atoms with van der Waals surface area (Å²) >= 11 is 0. The van der Waals surface area contributed by atoms with Gasteiger partial charge in [-0.15, -0.1) is 0 Å². The number of carbonyl (C=O) groups is 2. The molecule has 0 saturated carbocycles. The number of aryl methyl sites for hydroxylation is 1. The highest BCUT2D eigenvalue weighted by molar-refractivity contribution is 6.04. The summed E-state index contributed by atoms with van der Waals surface area (Å²) in [5.41, 5.74) is 5.13. The number of ether oxygens (including phenoxy) is 1. The summed E-state index contributed by atoms with van der Waals surface area (Å²) in [6.45, 7) is 7.51. The number of carbonyl (C=O) groups excluding carboxylic acids is 2. The minimum atomic E-state index is -0.343. The van der Waals surface area contributed by atoms with Crippen LogP contribution in [0.15, 0.2) is 72.8 Å². The zero-order valence-corrected chi connectivity index (χ0v) is 22.9.